The highest BCUT2D eigenvalue weighted by atomic mass is 16.5. The number of esters is 1. The summed E-state index contributed by atoms with van der Waals surface area (Å²) in [6.07, 6.45) is 0.242. The number of methoxy groups -OCH3 is 1. The molecule has 0 aromatic heterocycles. The molecule has 0 fully saturated rings. The van der Waals surface area contributed by atoms with Gasteiger partial charge >= 0.3 is 5.97 Å². The smallest absolute Gasteiger partial charge is 0.328 e. The summed E-state index contributed by atoms with van der Waals surface area (Å²) in [5, 5.41) is 11.8. The van der Waals surface area contributed by atoms with Crippen molar-refractivity contribution in [2.75, 3.05) is 18.2 Å². The van der Waals surface area contributed by atoms with E-state index in [4.69, 9.17) is 15.7 Å². The van der Waals surface area contributed by atoms with Gasteiger partial charge in [0.25, 0.3) is 0 Å². The van der Waals surface area contributed by atoms with Crippen LogP contribution < -0.4 is 11.1 Å². The predicted octanol–water partition coefficient (Wildman–Crippen LogP) is 1.94. The van der Waals surface area contributed by atoms with Gasteiger partial charge in [0.2, 0.25) is 0 Å². The molecule has 0 aliphatic carbocycles. The standard InChI is InChI=1S/C14H19N3O2/c1-9(2)13(14(18)19-3)17-11-4-5-12(16)10(8-11)6-7-15/h4-5,8-9,13,17H,6,16H2,1-3H3. The molecule has 1 aromatic carbocycles. The Bertz CT molecular complexity index is 492. The zero-order chi connectivity index (χ0) is 14.4. The summed E-state index contributed by atoms with van der Waals surface area (Å²) in [6.45, 7) is 3.87. The number of hydrogen-bond donors (Lipinski definition) is 2. The van der Waals surface area contributed by atoms with E-state index in [1.807, 2.05) is 13.8 Å². The predicted molar refractivity (Wildman–Crippen MR) is 74.4 cm³/mol. The molecule has 1 atom stereocenters. The summed E-state index contributed by atoms with van der Waals surface area (Å²) in [7, 11) is 1.36. The van der Waals surface area contributed by atoms with Gasteiger partial charge in [-0.05, 0) is 29.7 Å². The van der Waals surface area contributed by atoms with Crippen LogP contribution in [0.15, 0.2) is 18.2 Å². The Kier molecular flexibility index (Phi) is 5.19. The van der Waals surface area contributed by atoms with Gasteiger partial charge in [-0.1, -0.05) is 13.8 Å². The zero-order valence-corrected chi connectivity index (χ0v) is 11.4. The molecule has 0 aliphatic rings. The van der Waals surface area contributed by atoms with Gasteiger partial charge in [0.15, 0.2) is 0 Å². The number of hydrogen-bond acceptors (Lipinski definition) is 5. The summed E-state index contributed by atoms with van der Waals surface area (Å²) < 4.78 is 4.77. The average Bonchev–Trinajstić information content (AvgIpc) is 2.38. The number of nitrogens with zero attached hydrogens (tertiary/aromatic N) is 1. The van der Waals surface area contributed by atoms with Crippen LogP contribution in [0, 0.1) is 17.2 Å². The molecule has 0 spiro atoms. The van der Waals surface area contributed by atoms with Crippen LogP contribution in [0.1, 0.15) is 19.4 Å². The number of rotatable bonds is 5. The Morgan fingerprint density at radius 1 is 1.53 bits per heavy atom. The van der Waals surface area contributed by atoms with E-state index in [0.29, 0.717) is 5.69 Å². The first-order valence-corrected chi connectivity index (χ1v) is 6.09. The van der Waals surface area contributed by atoms with Crippen LogP contribution in [0.2, 0.25) is 0 Å². The van der Waals surface area contributed by atoms with Crippen LogP contribution in [-0.4, -0.2) is 19.1 Å². The summed E-state index contributed by atoms with van der Waals surface area (Å²) in [5.74, 6) is -0.224. The van der Waals surface area contributed by atoms with Gasteiger partial charge in [-0.15, -0.1) is 0 Å². The van der Waals surface area contributed by atoms with Crippen molar-refractivity contribution in [2.45, 2.75) is 26.3 Å². The summed E-state index contributed by atoms with van der Waals surface area (Å²) in [6, 6.07) is 6.94. The van der Waals surface area contributed by atoms with Crippen molar-refractivity contribution in [3.63, 3.8) is 0 Å². The van der Waals surface area contributed by atoms with Gasteiger partial charge < -0.3 is 15.8 Å². The van der Waals surface area contributed by atoms with E-state index in [9.17, 15) is 4.79 Å². The second-order valence-corrected chi connectivity index (χ2v) is 4.64. The van der Waals surface area contributed by atoms with Crippen molar-refractivity contribution in [2.24, 2.45) is 5.92 Å². The third-order valence-corrected chi connectivity index (χ3v) is 2.86. The maximum atomic E-state index is 11.7. The molecule has 1 aromatic rings. The first-order chi connectivity index (χ1) is 8.99. The highest BCUT2D eigenvalue weighted by Crippen LogP contribution is 2.20. The minimum atomic E-state index is -0.427. The SMILES string of the molecule is COC(=O)C(Nc1ccc(N)c(CC#N)c1)C(C)C. The van der Waals surface area contributed by atoms with Crippen molar-refractivity contribution in [1.82, 2.24) is 0 Å². The van der Waals surface area contributed by atoms with Gasteiger partial charge in [0.1, 0.15) is 6.04 Å². The van der Waals surface area contributed by atoms with Gasteiger partial charge in [0, 0.05) is 11.4 Å². The lowest BCUT2D eigenvalue weighted by molar-refractivity contribution is -0.142. The molecule has 1 unspecified atom stereocenters. The third-order valence-electron chi connectivity index (χ3n) is 2.86. The Hall–Kier alpha value is -2.22. The molecular weight excluding hydrogens is 242 g/mol. The van der Waals surface area contributed by atoms with Crippen molar-refractivity contribution in [3.8, 4) is 6.07 Å². The molecule has 0 heterocycles. The molecule has 0 radical (unpaired) electrons. The first-order valence-electron chi connectivity index (χ1n) is 6.09. The van der Waals surface area contributed by atoms with E-state index in [1.54, 1.807) is 18.2 Å². The Balaban J connectivity index is 2.94. The number of nitrogen functional groups attached to an aromatic ring is 1. The molecule has 0 amide bonds. The number of nitriles is 1. The van der Waals surface area contributed by atoms with Crippen LogP contribution >= 0.6 is 0 Å². The Labute approximate surface area is 113 Å². The van der Waals surface area contributed by atoms with Crippen LogP contribution in [0.4, 0.5) is 11.4 Å². The molecule has 0 saturated carbocycles. The van der Waals surface area contributed by atoms with Gasteiger partial charge in [0.05, 0.1) is 19.6 Å². The second kappa shape index (κ2) is 6.64. The van der Waals surface area contributed by atoms with Crippen LogP contribution in [-0.2, 0) is 16.0 Å². The van der Waals surface area contributed by atoms with Crippen LogP contribution in [0.25, 0.3) is 0 Å². The monoisotopic (exact) mass is 261 g/mol. The number of nitrogens with two attached hydrogens (primary N) is 1. The lowest BCUT2D eigenvalue weighted by Crippen LogP contribution is -2.35. The largest absolute Gasteiger partial charge is 0.467 e. The van der Waals surface area contributed by atoms with Gasteiger partial charge in [-0.2, -0.15) is 5.26 Å². The molecule has 0 saturated heterocycles. The van der Waals surface area contributed by atoms with E-state index in [2.05, 4.69) is 11.4 Å². The van der Waals surface area contributed by atoms with E-state index >= 15 is 0 Å². The zero-order valence-electron chi connectivity index (χ0n) is 11.4. The highest BCUT2D eigenvalue weighted by Gasteiger charge is 2.22. The van der Waals surface area contributed by atoms with E-state index in [-0.39, 0.29) is 18.3 Å². The Morgan fingerprint density at radius 3 is 2.74 bits per heavy atom. The second-order valence-electron chi connectivity index (χ2n) is 4.64. The van der Waals surface area contributed by atoms with Gasteiger partial charge in [-0.3, -0.25) is 0 Å². The number of nitrogens with one attached hydrogen (secondary N) is 1. The minimum absolute atomic E-state index is 0.0874. The average molecular weight is 261 g/mol. The van der Waals surface area contributed by atoms with Crippen molar-refractivity contribution >= 4 is 17.3 Å². The summed E-state index contributed by atoms with van der Waals surface area (Å²) >= 11 is 0. The molecule has 5 nitrogen and oxygen atoms in total. The highest BCUT2D eigenvalue weighted by molar-refractivity contribution is 5.79. The fourth-order valence-corrected chi connectivity index (χ4v) is 1.74. The number of anilines is 2. The minimum Gasteiger partial charge on any atom is -0.467 e. The summed E-state index contributed by atoms with van der Waals surface area (Å²) in [4.78, 5) is 11.7. The maximum absolute atomic E-state index is 11.7. The Morgan fingerprint density at radius 2 is 2.21 bits per heavy atom. The van der Waals surface area contributed by atoms with Crippen molar-refractivity contribution < 1.29 is 9.53 Å². The quantitative estimate of drug-likeness (QED) is 0.624. The number of carbonyl (C=O) groups excluding carboxylic acids is 1. The van der Waals surface area contributed by atoms with E-state index < -0.39 is 6.04 Å². The van der Waals surface area contributed by atoms with Gasteiger partial charge in [-0.25, -0.2) is 4.79 Å². The molecule has 0 aliphatic heterocycles. The number of benzene rings is 1. The van der Waals surface area contributed by atoms with E-state index in [1.165, 1.54) is 7.11 Å². The van der Waals surface area contributed by atoms with Crippen molar-refractivity contribution in [1.29, 1.82) is 5.26 Å². The molecule has 3 N–H and O–H groups in total. The number of ether oxygens (including phenoxy) is 1. The summed E-state index contributed by atoms with van der Waals surface area (Å²) in [5.41, 5.74) is 7.86. The number of carbonyl (C=O) groups is 1. The maximum Gasteiger partial charge on any atom is 0.328 e. The fourth-order valence-electron chi connectivity index (χ4n) is 1.74. The lowest BCUT2D eigenvalue weighted by atomic mass is 10.0. The van der Waals surface area contributed by atoms with E-state index in [0.717, 1.165) is 11.3 Å². The van der Waals surface area contributed by atoms with Crippen molar-refractivity contribution in [3.05, 3.63) is 23.8 Å². The molecule has 19 heavy (non-hydrogen) atoms. The van der Waals surface area contributed by atoms with Crippen LogP contribution in [0.5, 0.6) is 0 Å². The molecule has 1 rings (SSSR count). The third kappa shape index (κ3) is 3.88. The van der Waals surface area contributed by atoms with Crippen LogP contribution in [0.3, 0.4) is 0 Å². The molecule has 0 bridgehead atoms. The normalized spacial score (nSPS) is 11.7. The molecular formula is C14H19N3O2. The first kappa shape index (κ1) is 14.8. The topological polar surface area (TPSA) is 88.1 Å². The fraction of sp³-hybridized carbons (Fsp3) is 0.429. The molecule has 102 valence electrons. The lowest BCUT2D eigenvalue weighted by Gasteiger charge is -2.21. The molecule has 5 heteroatoms.